The smallest absolute Gasteiger partial charge is 0.227 e. The topological polar surface area (TPSA) is 80.5 Å². The third-order valence-corrected chi connectivity index (χ3v) is 5.42. The maximum atomic E-state index is 12.3. The first-order valence-corrected chi connectivity index (χ1v) is 10.5. The minimum absolute atomic E-state index is 0.0331. The average Bonchev–Trinajstić information content (AvgIpc) is 3.39. The van der Waals surface area contributed by atoms with Gasteiger partial charge in [0.1, 0.15) is 5.75 Å². The second-order valence-corrected chi connectivity index (χ2v) is 7.75. The first-order chi connectivity index (χ1) is 14.1. The molecule has 1 N–H and O–H groups in total. The van der Waals surface area contributed by atoms with Gasteiger partial charge in [-0.05, 0) is 56.7 Å². The van der Waals surface area contributed by atoms with Gasteiger partial charge in [0.15, 0.2) is 0 Å². The van der Waals surface area contributed by atoms with Crippen LogP contribution in [0.3, 0.4) is 0 Å². The number of aryl methyl sites for hydroxylation is 1. The Morgan fingerprint density at radius 1 is 1.28 bits per heavy atom. The van der Waals surface area contributed by atoms with Crippen LogP contribution in [0.2, 0.25) is 0 Å². The van der Waals surface area contributed by atoms with Gasteiger partial charge in [-0.3, -0.25) is 4.79 Å². The second-order valence-electron chi connectivity index (χ2n) is 6.77. The van der Waals surface area contributed by atoms with Gasteiger partial charge in [-0.2, -0.15) is 4.98 Å². The van der Waals surface area contributed by atoms with Gasteiger partial charge in [0.25, 0.3) is 0 Å². The maximum absolute atomic E-state index is 12.3. The molecule has 1 aromatic carbocycles. The SMILES string of the molecule is CCOc1ccc(-c2noc(CCC(=O)NCC(c3cccs3)N(C)C)n2)cc1. The van der Waals surface area contributed by atoms with Gasteiger partial charge in [-0.1, -0.05) is 11.2 Å². The zero-order valence-corrected chi connectivity index (χ0v) is 17.7. The van der Waals surface area contributed by atoms with E-state index in [0.717, 1.165) is 11.3 Å². The summed E-state index contributed by atoms with van der Waals surface area (Å²) in [6, 6.07) is 11.8. The van der Waals surface area contributed by atoms with Crippen LogP contribution in [0.4, 0.5) is 0 Å². The minimum Gasteiger partial charge on any atom is -0.494 e. The predicted octanol–water partition coefficient (Wildman–Crippen LogP) is 3.55. The highest BCUT2D eigenvalue weighted by atomic mass is 32.1. The molecule has 0 bridgehead atoms. The molecule has 8 heteroatoms. The molecule has 3 rings (SSSR count). The lowest BCUT2D eigenvalue weighted by Crippen LogP contribution is -2.34. The molecule has 154 valence electrons. The predicted molar refractivity (Wildman–Crippen MR) is 113 cm³/mol. The van der Waals surface area contributed by atoms with Gasteiger partial charge in [0.2, 0.25) is 17.6 Å². The summed E-state index contributed by atoms with van der Waals surface area (Å²) in [6.07, 6.45) is 0.705. The Balaban J connectivity index is 1.49. The number of nitrogens with one attached hydrogen (secondary N) is 1. The summed E-state index contributed by atoms with van der Waals surface area (Å²) >= 11 is 1.69. The van der Waals surface area contributed by atoms with E-state index in [1.54, 1.807) is 11.3 Å². The first-order valence-electron chi connectivity index (χ1n) is 9.59. The molecule has 0 radical (unpaired) electrons. The van der Waals surface area contributed by atoms with Gasteiger partial charge < -0.3 is 19.5 Å². The summed E-state index contributed by atoms with van der Waals surface area (Å²) in [7, 11) is 4.02. The summed E-state index contributed by atoms with van der Waals surface area (Å²) < 4.78 is 10.7. The molecule has 0 aliphatic heterocycles. The summed E-state index contributed by atoms with van der Waals surface area (Å²) in [5.74, 6) is 1.73. The molecular weight excluding hydrogens is 388 g/mol. The molecule has 1 amide bonds. The number of carbonyl (C=O) groups excluding carboxylic acids is 1. The number of likely N-dealkylation sites (N-methyl/N-ethyl adjacent to an activating group) is 1. The van der Waals surface area contributed by atoms with Crippen molar-refractivity contribution in [3.63, 3.8) is 0 Å². The van der Waals surface area contributed by atoms with Crippen molar-refractivity contribution in [2.24, 2.45) is 0 Å². The monoisotopic (exact) mass is 414 g/mol. The van der Waals surface area contributed by atoms with Gasteiger partial charge >= 0.3 is 0 Å². The lowest BCUT2D eigenvalue weighted by molar-refractivity contribution is -0.121. The molecule has 2 aromatic heterocycles. The summed E-state index contributed by atoms with van der Waals surface area (Å²) in [5, 5.41) is 9.06. The quantitative estimate of drug-likeness (QED) is 0.546. The molecule has 0 fully saturated rings. The van der Waals surface area contributed by atoms with Gasteiger partial charge in [0, 0.05) is 29.8 Å². The van der Waals surface area contributed by atoms with E-state index in [9.17, 15) is 4.79 Å². The van der Waals surface area contributed by atoms with Crippen LogP contribution < -0.4 is 10.1 Å². The van der Waals surface area contributed by atoms with Crippen molar-refractivity contribution in [1.82, 2.24) is 20.4 Å². The van der Waals surface area contributed by atoms with Crippen molar-refractivity contribution in [3.05, 3.63) is 52.5 Å². The van der Waals surface area contributed by atoms with Crippen LogP contribution in [0, 0.1) is 0 Å². The van der Waals surface area contributed by atoms with Crippen molar-refractivity contribution in [2.75, 3.05) is 27.2 Å². The number of amides is 1. The Morgan fingerprint density at radius 2 is 2.07 bits per heavy atom. The van der Waals surface area contributed by atoms with Crippen molar-refractivity contribution < 1.29 is 14.1 Å². The fourth-order valence-corrected chi connectivity index (χ4v) is 3.80. The normalized spacial score (nSPS) is 12.1. The molecule has 0 aliphatic rings. The van der Waals surface area contributed by atoms with Gasteiger partial charge in [-0.25, -0.2) is 0 Å². The molecule has 2 heterocycles. The number of rotatable bonds is 10. The standard InChI is InChI=1S/C21H26N4O3S/c1-4-27-16-9-7-15(8-10-16)21-23-20(28-24-21)12-11-19(26)22-14-17(25(2)3)18-6-5-13-29-18/h5-10,13,17H,4,11-12,14H2,1-3H3,(H,22,26). The summed E-state index contributed by atoms with van der Waals surface area (Å²) in [5.41, 5.74) is 0.845. The molecule has 1 atom stereocenters. The number of thiophene rings is 1. The van der Waals surface area contributed by atoms with E-state index in [4.69, 9.17) is 9.26 Å². The van der Waals surface area contributed by atoms with Crippen molar-refractivity contribution in [3.8, 4) is 17.1 Å². The molecule has 0 saturated carbocycles. The lowest BCUT2D eigenvalue weighted by atomic mass is 10.2. The Kier molecular flexibility index (Phi) is 7.37. The van der Waals surface area contributed by atoms with E-state index in [1.807, 2.05) is 56.7 Å². The second kappa shape index (κ2) is 10.2. The third kappa shape index (κ3) is 5.88. The zero-order valence-electron chi connectivity index (χ0n) is 16.9. The maximum Gasteiger partial charge on any atom is 0.227 e. The molecule has 1 unspecified atom stereocenters. The average molecular weight is 415 g/mol. The van der Waals surface area contributed by atoms with Crippen LogP contribution in [0.5, 0.6) is 5.75 Å². The fraction of sp³-hybridized carbons (Fsp3) is 0.381. The van der Waals surface area contributed by atoms with Crippen molar-refractivity contribution in [2.45, 2.75) is 25.8 Å². The van der Waals surface area contributed by atoms with E-state index in [0.29, 0.717) is 37.7 Å². The Labute approximate surface area is 174 Å². The van der Waals surface area contributed by atoms with E-state index in [1.165, 1.54) is 4.88 Å². The highest BCUT2D eigenvalue weighted by Gasteiger charge is 2.17. The number of nitrogens with zero attached hydrogens (tertiary/aromatic N) is 3. The van der Waals surface area contributed by atoms with Gasteiger partial charge in [-0.15, -0.1) is 11.3 Å². The number of carbonyl (C=O) groups is 1. The fourth-order valence-electron chi connectivity index (χ4n) is 2.88. The van der Waals surface area contributed by atoms with E-state index in [2.05, 4.69) is 26.4 Å². The molecule has 7 nitrogen and oxygen atoms in total. The van der Waals surface area contributed by atoms with Gasteiger partial charge in [0.05, 0.1) is 12.6 Å². The largest absolute Gasteiger partial charge is 0.494 e. The number of hydrogen-bond acceptors (Lipinski definition) is 7. The number of aromatic nitrogens is 2. The van der Waals surface area contributed by atoms with E-state index in [-0.39, 0.29) is 11.9 Å². The number of benzene rings is 1. The molecule has 0 aliphatic carbocycles. The van der Waals surface area contributed by atoms with Crippen LogP contribution >= 0.6 is 11.3 Å². The Hall–Kier alpha value is -2.71. The lowest BCUT2D eigenvalue weighted by Gasteiger charge is -2.23. The van der Waals surface area contributed by atoms with Crippen LogP contribution in [-0.4, -0.2) is 48.2 Å². The number of ether oxygens (including phenoxy) is 1. The molecule has 29 heavy (non-hydrogen) atoms. The summed E-state index contributed by atoms with van der Waals surface area (Å²) in [4.78, 5) is 20.0. The van der Waals surface area contributed by atoms with Crippen LogP contribution in [0.25, 0.3) is 11.4 Å². The van der Waals surface area contributed by atoms with Crippen LogP contribution in [-0.2, 0) is 11.2 Å². The highest BCUT2D eigenvalue weighted by Crippen LogP contribution is 2.22. The molecule has 0 saturated heterocycles. The van der Waals surface area contributed by atoms with Crippen molar-refractivity contribution in [1.29, 1.82) is 0 Å². The van der Waals surface area contributed by atoms with E-state index < -0.39 is 0 Å². The summed E-state index contributed by atoms with van der Waals surface area (Å²) in [6.45, 7) is 3.13. The van der Waals surface area contributed by atoms with E-state index >= 15 is 0 Å². The Morgan fingerprint density at radius 3 is 2.72 bits per heavy atom. The first kappa shape index (κ1) is 21.0. The molecule has 3 aromatic rings. The number of hydrogen-bond donors (Lipinski definition) is 1. The minimum atomic E-state index is -0.0331. The highest BCUT2D eigenvalue weighted by molar-refractivity contribution is 7.10. The van der Waals surface area contributed by atoms with Crippen LogP contribution in [0.1, 0.15) is 30.2 Å². The third-order valence-electron chi connectivity index (χ3n) is 4.45. The van der Waals surface area contributed by atoms with Crippen LogP contribution in [0.15, 0.2) is 46.3 Å². The molecular formula is C21H26N4O3S. The molecule has 0 spiro atoms. The van der Waals surface area contributed by atoms with Crippen molar-refractivity contribution >= 4 is 17.2 Å². The zero-order chi connectivity index (χ0) is 20.6. The Bertz CT molecular complexity index is 891.